The summed E-state index contributed by atoms with van der Waals surface area (Å²) in [6.07, 6.45) is 6.41. The number of furan rings is 1. The highest BCUT2D eigenvalue weighted by molar-refractivity contribution is 5.82. The molecule has 6 rings (SSSR count). The number of fused-ring (bicyclic) bond motifs is 4. The third-order valence-corrected chi connectivity index (χ3v) is 5.22. The van der Waals surface area contributed by atoms with Crippen LogP contribution in [0, 0.1) is 5.92 Å². The maximum atomic E-state index is 5.40. The summed E-state index contributed by atoms with van der Waals surface area (Å²) < 4.78 is 7.48. The SMILES string of the molecule is c1cc2cc(-c3cn(C4CN5CCC4CC5)nn3)ccc2o1. The molecular weight excluding hydrogens is 276 g/mol. The molecule has 5 heteroatoms. The summed E-state index contributed by atoms with van der Waals surface area (Å²) in [5.74, 6) is 0.760. The van der Waals surface area contributed by atoms with Crippen molar-refractivity contribution in [3.05, 3.63) is 36.7 Å². The third-order valence-electron chi connectivity index (χ3n) is 5.22. The molecule has 112 valence electrons. The minimum Gasteiger partial charge on any atom is -0.464 e. The van der Waals surface area contributed by atoms with Crippen LogP contribution in [-0.4, -0.2) is 39.5 Å². The van der Waals surface area contributed by atoms with Crippen molar-refractivity contribution in [1.82, 2.24) is 19.9 Å². The molecule has 0 spiro atoms. The van der Waals surface area contributed by atoms with E-state index in [-0.39, 0.29) is 0 Å². The molecule has 2 aromatic heterocycles. The molecule has 3 fully saturated rings. The summed E-state index contributed by atoms with van der Waals surface area (Å²) in [6.45, 7) is 3.62. The van der Waals surface area contributed by atoms with E-state index in [0.29, 0.717) is 6.04 Å². The minimum absolute atomic E-state index is 0.487. The quantitative estimate of drug-likeness (QED) is 0.729. The van der Waals surface area contributed by atoms with E-state index in [1.165, 1.54) is 25.9 Å². The van der Waals surface area contributed by atoms with Crippen LogP contribution in [0.1, 0.15) is 18.9 Å². The molecule has 2 bridgehead atoms. The van der Waals surface area contributed by atoms with Gasteiger partial charge in [0.15, 0.2) is 0 Å². The van der Waals surface area contributed by atoms with Crippen molar-refractivity contribution in [3.8, 4) is 11.3 Å². The van der Waals surface area contributed by atoms with Crippen molar-refractivity contribution < 1.29 is 4.42 Å². The Balaban J connectivity index is 1.48. The molecule has 3 aromatic rings. The third kappa shape index (κ3) is 1.89. The van der Waals surface area contributed by atoms with Crippen LogP contribution in [0.15, 0.2) is 41.1 Å². The molecule has 0 amide bonds. The Morgan fingerprint density at radius 2 is 2.05 bits per heavy atom. The van der Waals surface area contributed by atoms with E-state index in [1.807, 2.05) is 12.1 Å². The van der Waals surface area contributed by atoms with Crippen LogP contribution in [0.5, 0.6) is 0 Å². The molecule has 3 aliphatic rings. The van der Waals surface area contributed by atoms with Gasteiger partial charge in [0.05, 0.1) is 18.5 Å². The first-order valence-electron chi connectivity index (χ1n) is 7.99. The maximum Gasteiger partial charge on any atom is 0.133 e. The van der Waals surface area contributed by atoms with Gasteiger partial charge >= 0.3 is 0 Å². The normalized spacial score (nSPS) is 27.5. The monoisotopic (exact) mass is 294 g/mol. The summed E-state index contributed by atoms with van der Waals surface area (Å²) in [5.41, 5.74) is 2.95. The molecule has 0 radical (unpaired) electrons. The summed E-state index contributed by atoms with van der Waals surface area (Å²) >= 11 is 0. The van der Waals surface area contributed by atoms with Gasteiger partial charge in [-0.3, -0.25) is 0 Å². The fourth-order valence-electron chi connectivity index (χ4n) is 3.93. The van der Waals surface area contributed by atoms with Gasteiger partial charge in [0.1, 0.15) is 11.3 Å². The van der Waals surface area contributed by atoms with Gasteiger partial charge < -0.3 is 9.32 Å². The highest BCUT2D eigenvalue weighted by atomic mass is 16.3. The van der Waals surface area contributed by atoms with Crippen LogP contribution in [0.4, 0.5) is 0 Å². The Labute approximate surface area is 128 Å². The molecular formula is C17H18N4O. The van der Waals surface area contributed by atoms with E-state index in [0.717, 1.165) is 34.7 Å². The van der Waals surface area contributed by atoms with Crippen LogP contribution in [0.25, 0.3) is 22.2 Å². The van der Waals surface area contributed by atoms with Crippen molar-refractivity contribution in [2.24, 2.45) is 5.92 Å². The number of rotatable bonds is 2. The first kappa shape index (κ1) is 12.4. The Morgan fingerprint density at radius 3 is 2.86 bits per heavy atom. The van der Waals surface area contributed by atoms with Gasteiger partial charge in [-0.25, -0.2) is 4.68 Å². The molecule has 1 atom stereocenters. The van der Waals surface area contributed by atoms with Crippen molar-refractivity contribution in [2.45, 2.75) is 18.9 Å². The van der Waals surface area contributed by atoms with E-state index in [1.54, 1.807) is 6.26 Å². The van der Waals surface area contributed by atoms with Crippen LogP contribution >= 0.6 is 0 Å². The molecule has 0 aliphatic carbocycles. The zero-order valence-electron chi connectivity index (χ0n) is 12.4. The highest BCUT2D eigenvalue weighted by Crippen LogP contribution is 2.35. The Bertz CT molecular complexity index is 813. The highest BCUT2D eigenvalue weighted by Gasteiger charge is 2.35. The lowest BCUT2D eigenvalue weighted by Crippen LogP contribution is -2.48. The van der Waals surface area contributed by atoms with E-state index in [4.69, 9.17) is 4.42 Å². The minimum atomic E-state index is 0.487. The van der Waals surface area contributed by atoms with Gasteiger partial charge in [-0.15, -0.1) is 5.10 Å². The van der Waals surface area contributed by atoms with Crippen LogP contribution in [0.2, 0.25) is 0 Å². The van der Waals surface area contributed by atoms with Gasteiger partial charge in [-0.1, -0.05) is 5.21 Å². The Morgan fingerprint density at radius 1 is 1.14 bits per heavy atom. The van der Waals surface area contributed by atoms with Gasteiger partial charge in [0, 0.05) is 17.5 Å². The number of hydrogen-bond acceptors (Lipinski definition) is 4. The van der Waals surface area contributed by atoms with Gasteiger partial charge in [-0.2, -0.15) is 0 Å². The average Bonchev–Trinajstić information content (AvgIpc) is 3.24. The van der Waals surface area contributed by atoms with Crippen LogP contribution in [-0.2, 0) is 0 Å². The smallest absolute Gasteiger partial charge is 0.133 e. The van der Waals surface area contributed by atoms with Gasteiger partial charge in [0.25, 0.3) is 0 Å². The zero-order valence-corrected chi connectivity index (χ0v) is 12.4. The van der Waals surface area contributed by atoms with Crippen molar-refractivity contribution in [2.75, 3.05) is 19.6 Å². The number of benzene rings is 1. The maximum absolute atomic E-state index is 5.40. The summed E-state index contributed by atoms with van der Waals surface area (Å²) in [7, 11) is 0. The lowest BCUT2D eigenvalue weighted by molar-refractivity contribution is 0.0504. The molecule has 1 aromatic carbocycles. The van der Waals surface area contributed by atoms with Crippen LogP contribution < -0.4 is 0 Å². The predicted octanol–water partition coefficient (Wildman–Crippen LogP) is 2.96. The fraction of sp³-hybridized carbons (Fsp3) is 0.412. The lowest BCUT2D eigenvalue weighted by atomic mass is 9.84. The summed E-state index contributed by atoms with van der Waals surface area (Å²) in [4.78, 5) is 2.55. The summed E-state index contributed by atoms with van der Waals surface area (Å²) in [6, 6.07) is 8.64. The average molecular weight is 294 g/mol. The lowest BCUT2D eigenvalue weighted by Gasteiger charge is -2.44. The van der Waals surface area contributed by atoms with E-state index in [2.05, 4.69) is 38.2 Å². The zero-order chi connectivity index (χ0) is 14.5. The summed E-state index contributed by atoms with van der Waals surface area (Å²) in [5, 5.41) is 9.93. The first-order valence-corrected chi connectivity index (χ1v) is 7.99. The molecule has 22 heavy (non-hydrogen) atoms. The second-order valence-corrected chi connectivity index (χ2v) is 6.46. The van der Waals surface area contributed by atoms with E-state index < -0.39 is 0 Å². The van der Waals surface area contributed by atoms with Gasteiger partial charge in [-0.05, 0) is 56.1 Å². The first-order chi connectivity index (χ1) is 10.9. The number of aromatic nitrogens is 3. The molecule has 3 saturated heterocycles. The Kier molecular flexibility index (Phi) is 2.64. The molecule has 5 nitrogen and oxygen atoms in total. The fourth-order valence-corrected chi connectivity index (χ4v) is 3.93. The largest absolute Gasteiger partial charge is 0.464 e. The number of piperidine rings is 3. The van der Waals surface area contributed by atoms with E-state index in [9.17, 15) is 0 Å². The standard InChI is InChI=1S/C17H18N4O/c1-2-17-14(5-8-22-17)9-13(1)15-10-21(19-18-15)16-11-20-6-3-12(16)4-7-20/h1-2,5,8-10,12,16H,3-4,6-7,11H2. The Hall–Kier alpha value is -2.14. The van der Waals surface area contributed by atoms with Gasteiger partial charge in [0.2, 0.25) is 0 Å². The molecule has 3 aliphatic heterocycles. The van der Waals surface area contributed by atoms with Crippen molar-refractivity contribution in [3.63, 3.8) is 0 Å². The van der Waals surface area contributed by atoms with E-state index >= 15 is 0 Å². The molecule has 0 saturated carbocycles. The molecule has 1 unspecified atom stereocenters. The van der Waals surface area contributed by atoms with Crippen molar-refractivity contribution in [1.29, 1.82) is 0 Å². The topological polar surface area (TPSA) is 47.1 Å². The van der Waals surface area contributed by atoms with Crippen molar-refractivity contribution >= 4 is 11.0 Å². The van der Waals surface area contributed by atoms with Crippen LogP contribution in [0.3, 0.4) is 0 Å². The molecule has 5 heterocycles. The second-order valence-electron chi connectivity index (χ2n) is 6.46. The number of nitrogens with zero attached hydrogens (tertiary/aromatic N) is 4. The molecule has 0 N–H and O–H groups in total. The number of hydrogen-bond donors (Lipinski definition) is 0. The second kappa shape index (κ2) is 4.68. The predicted molar refractivity (Wildman–Crippen MR) is 83.4 cm³/mol.